The van der Waals surface area contributed by atoms with Crippen molar-refractivity contribution in [1.29, 1.82) is 0 Å². The van der Waals surface area contributed by atoms with Crippen molar-refractivity contribution in [3.05, 3.63) is 45.7 Å². The predicted octanol–water partition coefficient (Wildman–Crippen LogP) is 4.25. The van der Waals surface area contributed by atoms with Crippen molar-refractivity contribution in [2.45, 2.75) is 38.1 Å². The van der Waals surface area contributed by atoms with Crippen molar-refractivity contribution in [2.24, 2.45) is 0 Å². The highest BCUT2D eigenvalue weighted by atomic mass is 127. The van der Waals surface area contributed by atoms with Gasteiger partial charge in [0, 0.05) is 15.2 Å². The van der Waals surface area contributed by atoms with E-state index in [1.54, 1.807) is 6.20 Å². The largest absolute Gasteiger partial charge is 0.307 e. The second-order valence-electron chi connectivity index (χ2n) is 5.42. The van der Waals surface area contributed by atoms with Gasteiger partial charge in [-0.15, -0.1) is 0 Å². The highest BCUT2D eigenvalue weighted by Gasteiger charge is 2.19. The molecule has 1 saturated carbocycles. The lowest BCUT2D eigenvalue weighted by atomic mass is 9.96. The number of amides is 1. The van der Waals surface area contributed by atoms with Gasteiger partial charge in [-0.05, 0) is 53.6 Å². The molecule has 21 heavy (non-hydrogen) atoms. The molecule has 1 fully saturated rings. The summed E-state index contributed by atoms with van der Waals surface area (Å²) in [7, 11) is 0. The number of aromatic nitrogens is 2. The Kier molecular flexibility index (Phi) is 4.57. The SMILES string of the molecule is O=C(Nc1ccnn1C1CCCCC1)c1cccc(I)c1. The number of hydrogen-bond donors (Lipinski definition) is 1. The van der Waals surface area contributed by atoms with Crippen LogP contribution in [0.5, 0.6) is 0 Å². The summed E-state index contributed by atoms with van der Waals surface area (Å²) in [6.07, 6.45) is 7.85. The molecule has 0 aliphatic heterocycles. The third-order valence-corrected chi connectivity index (χ3v) is 4.59. The van der Waals surface area contributed by atoms with Crippen molar-refractivity contribution in [1.82, 2.24) is 9.78 Å². The minimum Gasteiger partial charge on any atom is -0.307 e. The number of anilines is 1. The zero-order chi connectivity index (χ0) is 14.7. The van der Waals surface area contributed by atoms with E-state index in [1.807, 2.05) is 35.0 Å². The lowest BCUT2D eigenvalue weighted by Crippen LogP contribution is -2.20. The molecule has 4 nitrogen and oxygen atoms in total. The van der Waals surface area contributed by atoms with Gasteiger partial charge in [0.1, 0.15) is 5.82 Å². The van der Waals surface area contributed by atoms with E-state index in [4.69, 9.17) is 0 Å². The lowest BCUT2D eigenvalue weighted by Gasteiger charge is -2.23. The molecule has 110 valence electrons. The molecule has 1 aromatic carbocycles. The second-order valence-corrected chi connectivity index (χ2v) is 6.66. The summed E-state index contributed by atoms with van der Waals surface area (Å²) in [6, 6.07) is 9.88. The molecule has 1 aromatic heterocycles. The number of halogens is 1. The fourth-order valence-electron chi connectivity index (χ4n) is 2.85. The second kappa shape index (κ2) is 6.60. The Morgan fingerprint density at radius 2 is 2.05 bits per heavy atom. The van der Waals surface area contributed by atoms with E-state index in [0.29, 0.717) is 11.6 Å². The summed E-state index contributed by atoms with van der Waals surface area (Å²) in [4.78, 5) is 12.3. The fourth-order valence-corrected chi connectivity index (χ4v) is 3.39. The third-order valence-electron chi connectivity index (χ3n) is 3.92. The van der Waals surface area contributed by atoms with E-state index in [0.717, 1.165) is 22.2 Å². The van der Waals surface area contributed by atoms with Crippen molar-refractivity contribution in [2.75, 3.05) is 5.32 Å². The van der Waals surface area contributed by atoms with E-state index in [1.165, 1.54) is 19.3 Å². The summed E-state index contributed by atoms with van der Waals surface area (Å²) < 4.78 is 3.03. The van der Waals surface area contributed by atoms with Gasteiger partial charge in [0.15, 0.2) is 0 Å². The van der Waals surface area contributed by atoms with E-state index < -0.39 is 0 Å². The number of carbonyl (C=O) groups is 1. The third kappa shape index (κ3) is 3.45. The van der Waals surface area contributed by atoms with Crippen LogP contribution in [0.3, 0.4) is 0 Å². The predicted molar refractivity (Wildman–Crippen MR) is 91.5 cm³/mol. The molecule has 0 saturated heterocycles. The number of nitrogens with zero attached hydrogens (tertiary/aromatic N) is 2. The Labute approximate surface area is 138 Å². The van der Waals surface area contributed by atoms with Crippen LogP contribution >= 0.6 is 22.6 Å². The van der Waals surface area contributed by atoms with Gasteiger partial charge in [0.05, 0.1) is 12.2 Å². The van der Waals surface area contributed by atoms with Crippen LogP contribution < -0.4 is 5.32 Å². The van der Waals surface area contributed by atoms with Crippen molar-refractivity contribution >= 4 is 34.3 Å². The maximum atomic E-state index is 12.3. The molecular weight excluding hydrogens is 377 g/mol. The zero-order valence-corrected chi connectivity index (χ0v) is 13.9. The molecule has 0 radical (unpaired) electrons. The number of hydrogen-bond acceptors (Lipinski definition) is 2. The molecule has 0 atom stereocenters. The molecule has 0 spiro atoms. The van der Waals surface area contributed by atoms with Crippen LogP contribution in [0.15, 0.2) is 36.5 Å². The number of benzene rings is 1. The first-order chi connectivity index (χ1) is 10.2. The minimum absolute atomic E-state index is 0.0777. The van der Waals surface area contributed by atoms with Crippen LogP contribution in [0.25, 0.3) is 0 Å². The molecule has 5 heteroatoms. The van der Waals surface area contributed by atoms with Gasteiger partial charge >= 0.3 is 0 Å². The topological polar surface area (TPSA) is 46.9 Å². The van der Waals surface area contributed by atoms with Crippen molar-refractivity contribution in [3.8, 4) is 0 Å². The molecular formula is C16H18IN3O. The average Bonchev–Trinajstić information content (AvgIpc) is 2.96. The van der Waals surface area contributed by atoms with Crippen molar-refractivity contribution in [3.63, 3.8) is 0 Å². The molecule has 2 aromatic rings. The summed E-state index contributed by atoms with van der Waals surface area (Å²) in [5.41, 5.74) is 0.679. The normalized spacial score (nSPS) is 15.9. The highest BCUT2D eigenvalue weighted by molar-refractivity contribution is 14.1. The van der Waals surface area contributed by atoms with Crippen LogP contribution in [0.1, 0.15) is 48.5 Å². The summed E-state index contributed by atoms with van der Waals surface area (Å²) in [5, 5.41) is 7.39. The van der Waals surface area contributed by atoms with Gasteiger partial charge in [-0.2, -0.15) is 5.10 Å². The summed E-state index contributed by atoms with van der Waals surface area (Å²) in [6.45, 7) is 0. The average molecular weight is 395 g/mol. The van der Waals surface area contributed by atoms with Gasteiger partial charge in [-0.3, -0.25) is 4.79 Å². The standard InChI is InChI=1S/C16H18IN3O/c17-13-6-4-5-12(11-13)16(21)19-15-9-10-18-20(15)14-7-2-1-3-8-14/h4-6,9-11,14H,1-3,7-8H2,(H,19,21). The quantitative estimate of drug-likeness (QED) is 0.791. The molecule has 0 bridgehead atoms. The van der Waals surface area contributed by atoms with E-state index >= 15 is 0 Å². The van der Waals surface area contributed by atoms with Crippen molar-refractivity contribution < 1.29 is 4.79 Å². The zero-order valence-electron chi connectivity index (χ0n) is 11.8. The van der Waals surface area contributed by atoms with Gasteiger partial charge in [-0.25, -0.2) is 4.68 Å². The molecule has 3 rings (SSSR count). The lowest BCUT2D eigenvalue weighted by molar-refractivity contribution is 0.102. The molecule has 1 aliphatic rings. The first-order valence-electron chi connectivity index (χ1n) is 7.34. The Morgan fingerprint density at radius 1 is 1.24 bits per heavy atom. The van der Waals surface area contributed by atoms with Gasteiger partial charge in [0.25, 0.3) is 5.91 Å². The van der Waals surface area contributed by atoms with Crippen LogP contribution in [0.4, 0.5) is 5.82 Å². The van der Waals surface area contributed by atoms with Gasteiger partial charge < -0.3 is 5.32 Å². The highest BCUT2D eigenvalue weighted by Crippen LogP contribution is 2.30. The molecule has 0 unspecified atom stereocenters. The Balaban J connectivity index is 1.76. The smallest absolute Gasteiger partial charge is 0.256 e. The maximum absolute atomic E-state index is 12.3. The Morgan fingerprint density at radius 3 is 2.81 bits per heavy atom. The van der Waals surface area contributed by atoms with Crippen LogP contribution in [-0.2, 0) is 0 Å². The summed E-state index contributed by atoms with van der Waals surface area (Å²) in [5.74, 6) is 0.719. The van der Waals surface area contributed by atoms with Gasteiger partial charge in [0.2, 0.25) is 0 Å². The number of rotatable bonds is 3. The molecule has 1 aliphatic carbocycles. The van der Waals surface area contributed by atoms with E-state index in [9.17, 15) is 4.79 Å². The minimum atomic E-state index is -0.0777. The summed E-state index contributed by atoms with van der Waals surface area (Å²) >= 11 is 2.21. The molecule has 1 N–H and O–H groups in total. The van der Waals surface area contributed by atoms with E-state index in [-0.39, 0.29) is 5.91 Å². The fraction of sp³-hybridized carbons (Fsp3) is 0.375. The van der Waals surface area contributed by atoms with Crippen LogP contribution in [0, 0.1) is 3.57 Å². The van der Waals surface area contributed by atoms with Crippen LogP contribution in [0.2, 0.25) is 0 Å². The first kappa shape index (κ1) is 14.6. The molecule has 1 heterocycles. The monoisotopic (exact) mass is 395 g/mol. The maximum Gasteiger partial charge on any atom is 0.256 e. The van der Waals surface area contributed by atoms with E-state index in [2.05, 4.69) is 33.0 Å². The Bertz CT molecular complexity index is 632. The number of carbonyl (C=O) groups excluding carboxylic acids is 1. The first-order valence-corrected chi connectivity index (χ1v) is 8.42. The number of nitrogens with one attached hydrogen (secondary N) is 1. The molecule has 1 amide bonds. The Hall–Kier alpha value is -1.37. The van der Waals surface area contributed by atoms with Crippen LogP contribution in [-0.4, -0.2) is 15.7 Å². The van der Waals surface area contributed by atoms with Gasteiger partial charge in [-0.1, -0.05) is 25.3 Å².